The van der Waals surface area contributed by atoms with Gasteiger partial charge in [0.25, 0.3) is 5.91 Å². The maximum atomic E-state index is 12.4. The number of halogens is 1. The van der Waals surface area contributed by atoms with E-state index in [1.807, 2.05) is 0 Å². The van der Waals surface area contributed by atoms with Gasteiger partial charge in [-0.25, -0.2) is 4.79 Å². The highest BCUT2D eigenvalue weighted by Crippen LogP contribution is 2.24. The van der Waals surface area contributed by atoms with Gasteiger partial charge in [-0.2, -0.15) is 0 Å². The van der Waals surface area contributed by atoms with Gasteiger partial charge in [-0.3, -0.25) is 9.78 Å². The highest BCUT2D eigenvalue weighted by Gasteiger charge is 2.13. The highest BCUT2D eigenvalue weighted by atomic mass is 35.5. The van der Waals surface area contributed by atoms with E-state index in [1.54, 1.807) is 19.4 Å². The van der Waals surface area contributed by atoms with Gasteiger partial charge < -0.3 is 20.1 Å². The summed E-state index contributed by atoms with van der Waals surface area (Å²) >= 11 is 6.08. The smallest absolute Gasteiger partial charge is 0.337 e. The van der Waals surface area contributed by atoms with Gasteiger partial charge in [0.15, 0.2) is 0 Å². The maximum absolute atomic E-state index is 12.4. The Morgan fingerprint density at radius 2 is 1.96 bits per heavy atom. The van der Waals surface area contributed by atoms with Crippen LogP contribution in [0.4, 0.5) is 11.4 Å². The van der Waals surface area contributed by atoms with E-state index in [2.05, 4.69) is 20.4 Å². The number of pyridine rings is 1. The second-order valence-corrected chi connectivity index (χ2v) is 5.43. The summed E-state index contributed by atoms with van der Waals surface area (Å²) < 4.78 is 9.62. The molecule has 2 N–H and O–H groups in total. The normalized spacial score (nSPS) is 10.2. The van der Waals surface area contributed by atoms with Gasteiger partial charge in [-0.1, -0.05) is 11.6 Å². The molecule has 1 aromatic carbocycles. The molecule has 2 rings (SSSR count). The van der Waals surface area contributed by atoms with Crippen molar-refractivity contribution in [3.8, 4) is 0 Å². The van der Waals surface area contributed by atoms with Crippen molar-refractivity contribution in [3.05, 3.63) is 52.8 Å². The number of hydrogen-bond acceptors (Lipinski definition) is 6. The third-order valence-corrected chi connectivity index (χ3v) is 3.60. The third kappa shape index (κ3) is 5.17. The molecule has 0 unspecified atom stereocenters. The number of carbonyl (C=O) groups is 2. The lowest BCUT2D eigenvalue weighted by Gasteiger charge is -2.10. The van der Waals surface area contributed by atoms with Crippen molar-refractivity contribution in [2.75, 3.05) is 38.0 Å². The summed E-state index contributed by atoms with van der Waals surface area (Å²) in [6, 6.07) is 6.16. The van der Waals surface area contributed by atoms with Gasteiger partial charge in [0.05, 0.1) is 41.2 Å². The Hall–Kier alpha value is -2.64. The summed E-state index contributed by atoms with van der Waals surface area (Å²) in [5.41, 5.74) is 1.64. The Balaban J connectivity index is 2.14. The second kappa shape index (κ2) is 9.00. The molecule has 7 nitrogen and oxygen atoms in total. The van der Waals surface area contributed by atoms with Gasteiger partial charge in [0.1, 0.15) is 0 Å². The van der Waals surface area contributed by atoms with Crippen LogP contribution in [0.3, 0.4) is 0 Å². The molecule has 0 bridgehead atoms. The number of anilines is 2. The lowest BCUT2D eigenvalue weighted by Crippen LogP contribution is -2.14. The van der Waals surface area contributed by atoms with Crippen LogP contribution < -0.4 is 10.6 Å². The second-order valence-electron chi connectivity index (χ2n) is 5.02. The molecule has 0 saturated heterocycles. The average Bonchev–Trinajstić information content (AvgIpc) is 2.63. The monoisotopic (exact) mass is 363 g/mol. The quantitative estimate of drug-likeness (QED) is 0.580. The standard InChI is InChI=1S/C17H18ClN3O4/c1-24-6-5-20-13-7-12(9-19-10-13)16(22)21-15-8-11(17(23)25-2)3-4-14(15)18/h3-4,7-10,20H,5-6H2,1-2H3,(H,21,22). The van der Waals surface area contributed by atoms with Crippen molar-refractivity contribution in [1.29, 1.82) is 0 Å². The van der Waals surface area contributed by atoms with Crippen LogP contribution in [0.25, 0.3) is 0 Å². The minimum atomic E-state index is -0.516. The SMILES string of the molecule is COCCNc1cncc(C(=O)Nc2cc(C(=O)OC)ccc2Cl)c1. The molecular formula is C17H18ClN3O4. The minimum absolute atomic E-state index is 0.287. The number of aromatic nitrogens is 1. The highest BCUT2D eigenvalue weighted by molar-refractivity contribution is 6.34. The molecule has 0 aliphatic heterocycles. The van der Waals surface area contributed by atoms with Crippen molar-refractivity contribution in [1.82, 2.24) is 4.98 Å². The first kappa shape index (κ1) is 18.7. The first-order chi connectivity index (χ1) is 12.0. The van der Waals surface area contributed by atoms with E-state index >= 15 is 0 Å². The average molecular weight is 364 g/mol. The molecule has 1 heterocycles. The fourth-order valence-corrected chi connectivity index (χ4v) is 2.18. The zero-order chi connectivity index (χ0) is 18.2. The van der Waals surface area contributed by atoms with E-state index in [9.17, 15) is 9.59 Å². The maximum Gasteiger partial charge on any atom is 0.337 e. The van der Waals surface area contributed by atoms with Gasteiger partial charge in [-0.15, -0.1) is 0 Å². The van der Waals surface area contributed by atoms with Crippen LogP contribution in [-0.4, -0.2) is 44.2 Å². The van der Waals surface area contributed by atoms with Crippen molar-refractivity contribution in [3.63, 3.8) is 0 Å². The number of nitrogens with one attached hydrogen (secondary N) is 2. The largest absolute Gasteiger partial charge is 0.465 e. The van der Waals surface area contributed by atoms with Crippen LogP contribution in [0.1, 0.15) is 20.7 Å². The van der Waals surface area contributed by atoms with E-state index in [0.717, 1.165) is 0 Å². The number of ether oxygens (including phenoxy) is 2. The number of benzene rings is 1. The molecule has 132 valence electrons. The number of carbonyl (C=O) groups excluding carboxylic acids is 2. The fourth-order valence-electron chi connectivity index (χ4n) is 2.02. The Morgan fingerprint density at radius 1 is 1.16 bits per heavy atom. The lowest BCUT2D eigenvalue weighted by molar-refractivity contribution is 0.0600. The number of nitrogens with zero attached hydrogens (tertiary/aromatic N) is 1. The molecular weight excluding hydrogens is 346 g/mol. The Labute approximate surface area is 150 Å². The van der Waals surface area contributed by atoms with E-state index in [0.29, 0.717) is 35.1 Å². The third-order valence-electron chi connectivity index (χ3n) is 3.27. The van der Waals surface area contributed by atoms with Crippen molar-refractivity contribution < 1.29 is 19.1 Å². The van der Waals surface area contributed by atoms with Crippen LogP contribution in [0.5, 0.6) is 0 Å². The molecule has 0 fully saturated rings. The first-order valence-electron chi connectivity index (χ1n) is 7.42. The van der Waals surface area contributed by atoms with Crippen LogP contribution in [0.15, 0.2) is 36.7 Å². The zero-order valence-electron chi connectivity index (χ0n) is 13.8. The number of esters is 1. The molecule has 0 atom stereocenters. The number of methoxy groups -OCH3 is 2. The molecule has 0 aliphatic carbocycles. The zero-order valence-corrected chi connectivity index (χ0v) is 14.6. The van der Waals surface area contributed by atoms with Gasteiger partial charge in [0.2, 0.25) is 0 Å². The molecule has 0 aliphatic rings. The number of amides is 1. The fraction of sp³-hybridized carbons (Fsp3) is 0.235. The minimum Gasteiger partial charge on any atom is -0.465 e. The molecule has 1 amide bonds. The van der Waals surface area contributed by atoms with Gasteiger partial charge >= 0.3 is 5.97 Å². The topological polar surface area (TPSA) is 89.5 Å². The summed E-state index contributed by atoms with van der Waals surface area (Å²) in [6.45, 7) is 1.13. The molecule has 2 aromatic rings. The molecule has 25 heavy (non-hydrogen) atoms. The summed E-state index contributed by atoms with van der Waals surface area (Å²) in [6.07, 6.45) is 3.05. The van der Waals surface area contributed by atoms with Crippen molar-refractivity contribution >= 4 is 34.9 Å². The number of hydrogen-bond donors (Lipinski definition) is 2. The van der Waals surface area contributed by atoms with E-state index in [4.69, 9.17) is 16.3 Å². The number of rotatable bonds is 7. The summed E-state index contributed by atoms with van der Waals surface area (Å²) in [5.74, 6) is -0.912. The Morgan fingerprint density at radius 3 is 2.68 bits per heavy atom. The first-order valence-corrected chi connectivity index (χ1v) is 7.80. The van der Waals surface area contributed by atoms with Crippen LogP contribution >= 0.6 is 11.6 Å². The molecule has 1 aromatic heterocycles. The van der Waals surface area contributed by atoms with E-state index in [1.165, 1.54) is 31.5 Å². The molecule has 8 heteroatoms. The molecule has 0 radical (unpaired) electrons. The Kier molecular flexibility index (Phi) is 6.73. The van der Waals surface area contributed by atoms with E-state index in [-0.39, 0.29) is 5.56 Å². The van der Waals surface area contributed by atoms with Gasteiger partial charge in [0, 0.05) is 26.0 Å². The Bertz CT molecular complexity index is 767. The summed E-state index contributed by atoms with van der Waals surface area (Å²) in [4.78, 5) is 28.1. The van der Waals surface area contributed by atoms with Crippen LogP contribution in [-0.2, 0) is 9.47 Å². The summed E-state index contributed by atoms with van der Waals surface area (Å²) in [7, 11) is 2.89. The summed E-state index contributed by atoms with van der Waals surface area (Å²) in [5, 5.41) is 6.07. The molecule has 0 spiro atoms. The lowest BCUT2D eigenvalue weighted by atomic mass is 10.2. The predicted molar refractivity (Wildman–Crippen MR) is 95.3 cm³/mol. The van der Waals surface area contributed by atoms with E-state index < -0.39 is 11.9 Å². The van der Waals surface area contributed by atoms with Crippen LogP contribution in [0, 0.1) is 0 Å². The van der Waals surface area contributed by atoms with Crippen LogP contribution in [0.2, 0.25) is 5.02 Å². The predicted octanol–water partition coefficient (Wildman–Crippen LogP) is 2.83. The van der Waals surface area contributed by atoms with Crippen molar-refractivity contribution in [2.24, 2.45) is 0 Å². The van der Waals surface area contributed by atoms with Gasteiger partial charge in [-0.05, 0) is 24.3 Å². The molecule has 0 saturated carbocycles. The van der Waals surface area contributed by atoms with Crippen molar-refractivity contribution in [2.45, 2.75) is 0 Å².